The molecule has 0 heterocycles. The maximum absolute atomic E-state index is 10.6. The van der Waals surface area contributed by atoms with Crippen LogP contribution in [0.5, 0.6) is 5.75 Å². The molecular formula is C9H7ClO3. The van der Waals surface area contributed by atoms with Crippen LogP contribution in [0.3, 0.4) is 0 Å². The van der Waals surface area contributed by atoms with Crippen LogP contribution in [0.25, 0.3) is 6.08 Å². The Hall–Kier alpha value is -1.48. The van der Waals surface area contributed by atoms with Crippen molar-refractivity contribution in [1.29, 1.82) is 0 Å². The zero-order valence-electron chi connectivity index (χ0n) is 6.61. The molecule has 0 fully saturated rings. The van der Waals surface area contributed by atoms with E-state index >= 15 is 0 Å². The quantitative estimate of drug-likeness (QED) is 0.741. The SMILES string of the molecule is O=C(/C=C/c1ccc(O)cc1)OCl. The van der Waals surface area contributed by atoms with Gasteiger partial charge in [-0.2, -0.15) is 0 Å². The molecule has 0 spiro atoms. The highest BCUT2D eigenvalue weighted by Crippen LogP contribution is 2.10. The molecule has 0 amide bonds. The van der Waals surface area contributed by atoms with E-state index in [1.165, 1.54) is 24.3 Å². The molecular weight excluding hydrogens is 192 g/mol. The third-order valence-corrected chi connectivity index (χ3v) is 1.53. The van der Waals surface area contributed by atoms with Crippen molar-refractivity contribution in [2.75, 3.05) is 0 Å². The molecule has 0 aliphatic rings. The van der Waals surface area contributed by atoms with E-state index in [2.05, 4.69) is 4.29 Å². The molecule has 0 aliphatic carbocycles. The number of carbonyl (C=O) groups is 1. The third kappa shape index (κ3) is 3.17. The Bertz CT molecular complexity index is 316. The van der Waals surface area contributed by atoms with Gasteiger partial charge in [0.25, 0.3) is 0 Å². The smallest absolute Gasteiger partial charge is 0.349 e. The van der Waals surface area contributed by atoms with Crippen molar-refractivity contribution in [3.63, 3.8) is 0 Å². The molecule has 0 atom stereocenters. The molecule has 0 aromatic heterocycles. The van der Waals surface area contributed by atoms with Crippen LogP contribution in [0.15, 0.2) is 30.3 Å². The molecule has 13 heavy (non-hydrogen) atoms. The van der Waals surface area contributed by atoms with E-state index in [-0.39, 0.29) is 5.75 Å². The maximum Gasteiger partial charge on any atom is 0.349 e. The summed E-state index contributed by atoms with van der Waals surface area (Å²) in [6.45, 7) is 0. The molecule has 0 saturated carbocycles. The van der Waals surface area contributed by atoms with Gasteiger partial charge in [0.15, 0.2) is 0 Å². The van der Waals surface area contributed by atoms with E-state index in [4.69, 9.17) is 17.0 Å². The topological polar surface area (TPSA) is 46.5 Å². The van der Waals surface area contributed by atoms with Gasteiger partial charge in [-0.05, 0) is 23.8 Å². The first-order valence-corrected chi connectivity index (χ1v) is 3.83. The number of phenols is 1. The molecule has 4 heteroatoms. The van der Waals surface area contributed by atoms with Crippen LogP contribution < -0.4 is 0 Å². The van der Waals surface area contributed by atoms with Gasteiger partial charge in [-0.1, -0.05) is 12.1 Å². The minimum Gasteiger partial charge on any atom is -0.508 e. The molecule has 68 valence electrons. The zero-order valence-corrected chi connectivity index (χ0v) is 7.36. The Morgan fingerprint density at radius 3 is 2.54 bits per heavy atom. The van der Waals surface area contributed by atoms with Crippen molar-refractivity contribution in [3.05, 3.63) is 35.9 Å². The monoisotopic (exact) mass is 198 g/mol. The molecule has 0 bridgehead atoms. The molecule has 0 unspecified atom stereocenters. The number of halogens is 1. The van der Waals surface area contributed by atoms with Crippen LogP contribution >= 0.6 is 11.9 Å². The molecule has 0 radical (unpaired) electrons. The van der Waals surface area contributed by atoms with E-state index in [0.29, 0.717) is 0 Å². The summed E-state index contributed by atoms with van der Waals surface area (Å²) in [5.41, 5.74) is 0.778. The maximum atomic E-state index is 10.6. The van der Waals surface area contributed by atoms with E-state index in [1.54, 1.807) is 12.1 Å². The highest BCUT2D eigenvalue weighted by atomic mass is 35.5. The highest BCUT2D eigenvalue weighted by Gasteiger charge is 1.93. The molecule has 0 aliphatic heterocycles. The highest BCUT2D eigenvalue weighted by molar-refractivity contribution is 6.15. The molecule has 3 nitrogen and oxygen atoms in total. The summed E-state index contributed by atoms with van der Waals surface area (Å²) in [7, 11) is 0. The summed E-state index contributed by atoms with van der Waals surface area (Å²) in [6.07, 6.45) is 2.73. The second-order valence-electron chi connectivity index (χ2n) is 2.32. The lowest BCUT2D eigenvalue weighted by Crippen LogP contribution is -1.88. The Kier molecular flexibility index (Phi) is 3.34. The van der Waals surface area contributed by atoms with Crippen molar-refractivity contribution in [3.8, 4) is 5.75 Å². The fourth-order valence-electron chi connectivity index (χ4n) is 0.775. The average molecular weight is 199 g/mol. The van der Waals surface area contributed by atoms with Crippen LogP contribution in [0.1, 0.15) is 5.56 Å². The second kappa shape index (κ2) is 4.52. The first kappa shape index (κ1) is 9.61. The van der Waals surface area contributed by atoms with Gasteiger partial charge in [0.05, 0.1) is 0 Å². The second-order valence-corrected chi connectivity index (χ2v) is 2.48. The Morgan fingerprint density at radius 2 is 2.00 bits per heavy atom. The number of hydrogen-bond acceptors (Lipinski definition) is 3. The van der Waals surface area contributed by atoms with Gasteiger partial charge in [-0.25, -0.2) is 4.79 Å². The summed E-state index contributed by atoms with van der Waals surface area (Å²) < 4.78 is 3.89. The van der Waals surface area contributed by atoms with E-state index < -0.39 is 5.97 Å². The van der Waals surface area contributed by atoms with Crippen molar-refractivity contribution in [2.45, 2.75) is 0 Å². The fraction of sp³-hybridized carbons (Fsp3) is 0. The number of hydrogen-bond donors (Lipinski definition) is 1. The van der Waals surface area contributed by atoms with E-state index in [1.807, 2.05) is 0 Å². The van der Waals surface area contributed by atoms with Crippen LogP contribution in [-0.2, 0) is 9.08 Å². The van der Waals surface area contributed by atoms with Crippen LogP contribution in [-0.4, -0.2) is 11.1 Å². The standard InChI is InChI=1S/C9H7ClO3/c10-13-9(12)6-3-7-1-4-8(11)5-2-7/h1-6,11H/b6-3+. The predicted octanol–water partition coefficient (Wildman–Crippen LogP) is 2.10. The van der Waals surface area contributed by atoms with Crippen LogP contribution in [0.4, 0.5) is 0 Å². The molecule has 1 rings (SSSR count). The Labute approximate surface area is 80.4 Å². The lowest BCUT2D eigenvalue weighted by Gasteiger charge is -1.92. The first-order valence-electron chi connectivity index (χ1n) is 3.52. The number of aromatic hydroxyl groups is 1. The first-order chi connectivity index (χ1) is 6.22. The van der Waals surface area contributed by atoms with Crippen LogP contribution in [0, 0.1) is 0 Å². The van der Waals surface area contributed by atoms with Crippen molar-refractivity contribution < 1.29 is 14.2 Å². The normalized spacial score (nSPS) is 10.2. The van der Waals surface area contributed by atoms with E-state index in [0.717, 1.165) is 5.56 Å². The van der Waals surface area contributed by atoms with Gasteiger partial charge in [0.1, 0.15) is 17.6 Å². The van der Waals surface area contributed by atoms with Gasteiger partial charge < -0.3 is 9.40 Å². The zero-order chi connectivity index (χ0) is 9.68. The van der Waals surface area contributed by atoms with Gasteiger partial charge >= 0.3 is 5.97 Å². The lowest BCUT2D eigenvalue weighted by atomic mass is 10.2. The number of rotatable bonds is 2. The van der Waals surface area contributed by atoms with Crippen molar-refractivity contribution in [1.82, 2.24) is 0 Å². The minimum atomic E-state index is -0.630. The van der Waals surface area contributed by atoms with Gasteiger partial charge in [0, 0.05) is 6.08 Å². The van der Waals surface area contributed by atoms with E-state index in [9.17, 15) is 4.79 Å². The van der Waals surface area contributed by atoms with Gasteiger partial charge in [-0.3, -0.25) is 0 Å². The molecule has 1 aromatic carbocycles. The number of phenolic OH excluding ortho intramolecular Hbond substituents is 1. The summed E-state index contributed by atoms with van der Waals surface area (Å²) in [5.74, 6) is -0.452. The predicted molar refractivity (Wildman–Crippen MR) is 49.1 cm³/mol. The number of carbonyl (C=O) groups excluding carboxylic acids is 1. The van der Waals surface area contributed by atoms with Crippen molar-refractivity contribution in [2.24, 2.45) is 0 Å². The van der Waals surface area contributed by atoms with Gasteiger partial charge in [-0.15, -0.1) is 0 Å². The van der Waals surface area contributed by atoms with Crippen molar-refractivity contribution >= 4 is 23.9 Å². The molecule has 0 saturated heterocycles. The third-order valence-electron chi connectivity index (χ3n) is 1.38. The average Bonchev–Trinajstić information content (AvgIpc) is 2.16. The summed E-state index contributed by atoms with van der Waals surface area (Å²) in [5, 5.41) is 8.94. The van der Waals surface area contributed by atoms with Gasteiger partial charge in [0.2, 0.25) is 0 Å². The largest absolute Gasteiger partial charge is 0.508 e. The minimum absolute atomic E-state index is 0.178. The van der Waals surface area contributed by atoms with Crippen LogP contribution in [0.2, 0.25) is 0 Å². The Balaban J connectivity index is 2.69. The summed E-state index contributed by atoms with van der Waals surface area (Å²) in [6, 6.07) is 6.36. The molecule has 1 N–H and O–H groups in total. The fourth-order valence-corrected chi connectivity index (χ4v) is 0.827. The summed E-state index contributed by atoms with van der Waals surface area (Å²) >= 11 is 4.80. The lowest BCUT2D eigenvalue weighted by molar-refractivity contribution is -0.128. The summed E-state index contributed by atoms with van der Waals surface area (Å²) in [4.78, 5) is 10.6. The molecule has 1 aromatic rings. The number of benzene rings is 1. The Morgan fingerprint density at radius 1 is 1.38 bits per heavy atom.